The average molecular weight is 536 g/mol. The SMILES string of the molecule is C=CC(=O)OCCCOc1ccc2c3c(cccc13)C(=O)N(CCCS(O)(OCC)OCC)C2=O.CC. The van der Waals surface area contributed by atoms with Crippen LogP contribution < -0.4 is 4.74 Å². The Morgan fingerprint density at radius 2 is 1.65 bits per heavy atom. The Balaban J connectivity index is 0.00000235. The number of imide groups is 1. The summed E-state index contributed by atoms with van der Waals surface area (Å²) in [5, 5.41) is 1.22. The molecule has 1 aliphatic rings. The summed E-state index contributed by atoms with van der Waals surface area (Å²) in [6, 6.07) is 8.60. The largest absolute Gasteiger partial charge is 0.493 e. The third kappa shape index (κ3) is 7.54. The maximum Gasteiger partial charge on any atom is 0.330 e. The molecule has 3 rings (SSSR count). The molecule has 1 N–H and O–H groups in total. The molecular formula is C27H37NO8S. The highest BCUT2D eigenvalue weighted by molar-refractivity contribution is 8.21. The average Bonchev–Trinajstić information content (AvgIpc) is 2.90. The fourth-order valence-electron chi connectivity index (χ4n) is 3.85. The van der Waals surface area contributed by atoms with E-state index in [0.717, 1.165) is 6.08 Å². The van der Waals surface area contributed by atoms with Crippen LogP contribution in [0.25, 0.3) is 10.8 Å². The number of hydrogen-bond acceptors (Lipinski definition) is 8. The van der Waals surface area contributed by atoms with Gasteiger partial charge in [-0.2, -0.15) is 0 Å². The molecule has 10 heteroatoms. The summed E-state index contributed by atoms with van der Waals surface area (Å²) in [5.41, 5.74) is 0.833. The van der Waals surface area contributed by atoms with Gasteiger partial charge in [0.1, 0.15) is 5.75 Å². The molecular weight excluding hydrogens is 498 g/mol. The zero-order chi connectivity index (χ0) is 27.4. The van der Waals surface area contributed by atoms with Gasteiger partial charge in [0.25, 0.3) is 11.8 Å². The van der Waals surface area contributed by atoms with Gasteiger partial charge in [-0.25, -0.2) is 4.79 Å². The zero-order valence-electron chi connectivity index (χ0n) is 22.0. The van der Waals surface area contributed by atoms with Crippen molar-refractivity contribution in [3.63, 3.8) is 0 Å². The van der Waals surface area contributed by atoms with E-state index in [9.17, 15) is 18.9 Å². The second-order valence-corrected chi connectivity index (χ2v) is 9.67. The van der Waals surface area contributed by atoms with Crippen LogP contribution >= 0.6 is 10.9 Å². The van der Waals surface area contributed by atoms with Crippen LogP contribution in [0.2, 0.25) is 0 Å². The highest BCUT2D eigenvalue weighted by Gasteiger charge is 2.34. The number of ether oxygens (including phenoxy) is 2. The minimum absolute atomic E-state index is 0.130. The van der Waals surface area contributed by atoms with Gasteiger partial charge in [0, 0.05) is 46.7 Å². The van der Waals surface area contributed by atoms with Crippen molar-refractivity contribution in [2.75, 3.05) is 38.7 Å². The van der Waals surface area contributed by atoms with Crippen molar-refractivity contribution in [2.45, 2.75) is 40.5 Å². The molecule has 2 aromatic rings. The Kier molecular flexibility index (Phi) is 12.1. The predicted molar refractivity (Wildman–Crippen MR) is 145 cm³/mol. The zero-order valence-corrected chi connectivity index (χ0v) is 22.8. The molecule has 2 amide bonds. The predicted octanol–water partition coefficient (Wildman–Crippen LogP) is 5.53. The number of benzene rings is 2. The van der Waals surface area contributed by atoms with E-state index in [1.165, 1.54) is 4.90 Å². The van der Waals surface area contributed by atoms with E-state index in [1.54, 1.807) is 44.2 Å². The number of carbonyl (C=O) groups is 3. The van der Waals surface area contributed by atoms with Gasteiger partial charge >= 0.3 is 5.97 Å². The normalized spacial score (nSPS) is 13.2. The van der Waals surface area contributed by atoms with E-state index >= 15 is 0 Å². The van der Waals surface area contributed by atoms with Gasteiger partial charge < -0.3 is 14.0 Å². The smallest absolute Gasteiger partial charge is 0.330 e. The van der Waals surface area contributed by atoms with E-state index in [4.69, 9.17) is 17.8 Å². The van der Waals surface area contributed by atoms with Crippen molar-refractivity contribution in [3.8, 4) is 5.75 Å². The standard InChI is InChI=1S/C25H31NO8S.C2H6/c1-4-22(27)32-16-9-15-31-21-13-12-20-23-18(21)10-7-11-19(23)24(28)26(25(20)29)14-8-17-35(30,33-5-2)34-6-3;1-2/h4,7,10-13,30H,1,5-6,8-9,14-17H2,2-3H3;1-2H3. The molecule has 0 saturated heterocycles. The van der Waals surface area contributed by atoms with E-state index < -0.39 is 28.7 Å². The number of nitrogens with zero attached hydrogens (tertiary/aromatic N) is 1. The van der Waals surface area contributed by atoms with Gasteiger partial charge in [-0.15, -0.1) is 0 Å². The van der Waals surface area contributed by atoms with Crippen molar-refractivity contribution in [2.24, 2.45) is 0 Å². The Labute approximate surface area is 220 Å². The number of amides is 2. The first-order valence-electron chi connectivity index (χ1n) is 12.5. The van der Waals surface area contributed by atoms with Crippen molar-refractivity contribution in [3.05, 3.63) is 54.1 Å². The minimum atomic E-state index is -2.70. The fraction of sp³-hybridized carbons (Fsp3) is 0.444. The van der Waals surface area contributed by atoms with Gasteiger partial charge in [-0.05, 0) is 38.5 Å². The van der Waals surface area contributed by atoms with Gasteiger partial charge in [0.15, 0.2) is 0 Å². The third-order valence-corrected chi connectivity index (χ3v) is 7.31. The third-order valence-electron chi connectivity index (χ3n) is 5.30. The molecule has 0 saturated carbocycles. The molecule has 204 valence electrons. The fourth-order valence-corrected chi connectivity index (χ4v) is 5.38. The van der Waals surface area contributed by atoms with E-state index in [-0.39, 0.29) is 18.9 Å². The molecule has 0 spiro atoms. The van der Waals surface area contributed by atoms with Crippen LogP contribution in [0.15, 0.2) is 43.0 Å². The lowest BCUT2D eigenvalue weighted by Gasteiger charge is -2.33. The topological polar surface area (TPSA) is 112 Å². The quantitative estimate of drug-likeness (QED) is 0.145. The van der Waals surface area contributed by atoms with Crippen molar-refractivity contribution in [1.29, 1.82) is 0 Å². The molecule has 0 fully saturated rings. The minimum Gasteiger partial charge on any atom is -0.493 e. The van der Waals surface area contributed by atoms with E-state index in [0.29, 0.717) is 60.3 Å². The Morgan fingerprint density at radius 3 is 2.27 bits per heavy atom. The van der Waals surface area contributed by atoms with Crippen LogP contribution in [-0.4, -0.2) is 66.0 Å². The Morgan fingerprint density at radius 1 is 1.00 bits per heavy atom. The molecule has 0 radical (unpaired) electrons. The summed E-state index contributed by atoms with van der Waals surface area (Å²) in [4.78, 5) is 38.7. The second-order valence-electron chi connectivity index (χ2n) is 7.63. The van der Waals surface area contributed by atoms with Crippen molar-refractivity contribution >= 4 is 39.4 Å². The van der Waals surface area contributed by atoms with Crippen molar-refractivity contribution < 1.29 is 36.8 Å². The molecule has 1 heterocycles. The molecule has 0 unspecified atom stereocenters. The highest BCUT2D eigenvalue weighted by Crippen LogP contribution is 2.46. The summed E-state index contributed by atoms with van der Waals surface area (Å²) in [6.07, 6.45) is 1.92. The molecule has 0 atom stereocenters. The molecule has 0 aromatic heterocycles. The highest BCUT2D eigenvalue weighted by atomic mass is 32.3. The van der Waals surface area contributed by atoms with Crippen LogP contribution in [0.4, 0.5) is 0 Å². The lowest BCUT2D eigenvalue weighted by Crippen LogP contribution is -2.41. The number of esters is 1. The molecule has 2 aromatic carbocycles. The number of rotatable bonds is 14. The maximum atomic E-state index is 13.2. The van der Waals surface area contributed by atoms with Crippen LogP contribution in [0.1, 0.15) is 61.3 Å². The molecule has 9 nitrogen and oxygen atoms in total. The summed E-state index contributed by atoms with van der Waals surface area (Å²) >= 11 is 0. The lowest BCUT2D eigenvalue weighted by atomic mass is 9.93. The molecule has 0 aliphatic carbocycles. The maximum absolute atomic E-state index is 13.2. The molecule has 0 bridgehead atoms. The summed E-state index contributed by atoms with van der Waals surface area (Å²) in [7, 11) is -2.70. The lowest BCUT2D eigenvalue weighted by molar-refractivity contribution is -0.137. The Hall–Kier alpha value is -2.92. The monoisotopic (exact) mass is 535 g/mol. The van der Waals surface area contributed by atoms with E-state index in [2.05, 4.69) is 6.58 Å². The van der Waals surface area contributed by atoms with Crippen LogP contribution in [-0.2, 0) is 17.9 Å². The van der Waals surface area contributed by atoms with Crippen LogP contribution in [0.3, 0.4) is 0 Å². The number of carbonyl (C=O) groups excluding carboxylic acids is 3. The first-order chi connectivity index (χ1) is 17.8. The van der Waals surface area contributed by atoms with Gasteiger partial charge in [0.05, 0.1) is 37.3 Å². The van der Waals surface area contributed by atoms with Crippen molar-refractivity contribution in [1.82, 2.24) is 4.90 Å². The number of hydrogen-bond donors (Lipinski definition) is 1. The van der Waals surface area contributed by atoms with Gasteiger partial charge in [-0.3, -0.25) is 22.9 Å². The second kappa shape index (κ2) is 14.7. The van der Waals surface area contributed by atoms with Gasteiger partial charge in [-0.1, -0.05) is 32.6 Å². The van der Waals surface area contributed by atoms with E-state index in [1.807, 2.05) is 13.8 Å². The summed E-state index contributed by atoms with van der Waals surface area (Å²) in [5.74, 6) is -0.551. The first-order valence-corrected chi connectivity index (χ1v) is 14.1. The first kappa shape index (κ1) is 30.3. The Bertz CT molecular complexity index is 1070. The molecule has 1 aliphatic heterocycles. The van der Waals surface area contributed by atoms with Crippen LogP contribution in [0.5, 0.6) is 5.75 Å². The summed E-state index contributed by atoms with van der Waals surface area (Å²) < 4.78 is 32.1. The summed E-state index contributed by atoms with van der Waals surface area (Å²) in [6.45, 7) is 12.1. The molecule has 37 heavy (non-hydrogen) atoms. The van der Waals surface area contributed by atoms with Crippen LogP contribution in [0, 0.1) is 0 Å². The van der Waals surface area contributed by atoms with Gasteiger partial charge in [0.2, 0.25) is 0 Å².